The summed E-state index contributed by atoms with van der Waals surface area (Å²) in [5.74, 6) is 1.22. The van der Waals surface area contributed by atoms with E-state index in [1.807, 2.05) is 12.3 Å². The third-order valence-corrected chi connectivity index (χ3v) is 5.01. The molecule has 0 radical (unpaired) electrons. The van der Waals surface area contributed by atoms with Crippen LogP contribution in [0.25, 0.3) is 11.0 Å². The van der Waals surface area contributed by atoms with Crippen molar-refractivity contribution in [3.05, 3.63) is 18.6 Å². The van der Waals surface area contributed by atoms with E-state index in [1.165, 1.54) is 0 Å². The third kappa shape index (κ3) is 2.45. The van der Waals surface area contributed by atoms with Crippen LogP contribution in [-0.2, 0) is 4.79 Å². The summed E-state index contributed by atoms with van der Waals surface area (Å²) in [4.78, 5) is 28.7. The first-order valence-corrected chi connectivity index (χ1v) is 8.27. The number of carbonyl (C=O) groups is 1. The predicted octanol–water partition coefficient (Wildman–Crippen LogP) is 0.878. The Morgan fingerprint density at radius 2 is 2.22 bits per heavy atom. The quantitative estimate of drug-likeness (QED) is 0.874. The number of H-pyrrole nitrogens is 1. The molecule has 23 heavy (non-hydrogen) atoms. The first-order valence-electron chi connectivity index (χ1n) is 8.27. The minimum absolute atomic E-state index is 0.0114. The molecule has 0 bridgehead atoms. The fraction of sp³-hybridized carbons (Fsp3) is 0.562. The lowest BCUT2D eigenvalue weighted by Crippen LogP contribution is -2.57. The van der Waals surface area contributed by atoms with Gasteiger partial charge in [0.2, 0.25) is 5.91 Å². The first-order chi connectivity index (χ1) is 11.2. The van der Waals surface area contributed by atoms with Crippen LogP contribution in [0.2, 0.25) is 0 Å². The van der Waals surface area contributed by atoms with Crippen molar-refractivity contribution in [3.8, 4) is 0 Å². The van der Waals surface area contributed by atoms with Gasteiger partial charge in [0.1, 0.15) is 17.8 Å². The lowest BCUT2D eigenvalue weighted by molar-refractivity contribution is -0.135. The fourth-order valence-electron chi connectivity index (χ4n) is 3.62. The number of nitrogens with zero attached hydrogens (tertiary/aromatic N) is 4. The Bertz CT molecular complexity index is 722. The average molecular weight is 314 g/mol. The lowest BCUT2D eigenvalue weighted by atomic mass is 10.1. The van der Waals surface area contributed by atoms with Gasteiger partial charge in [0.05, 0.1) is 10.9 Å². The molecule has 1 amide bonds. The van der Waals surface area contributed by atoms with Crippen molar-refractivity contribution >= 4 is 22.8 Å². The number of amides is 1. The Hall–Kier alpha value is -2.15. The molecule has 1 aliphatic carbocycles. The summed E-state index contributed by atoms with van der Waals surface area (Å²) in [5, 5.41) is 1.05. The van der Waals surface area contributed by atoms with E-state index in [1.54, 1.807) is 6.33 Å². The number of nitrogens with one attached hydrogen (secondary N) is 1. The number of aromatic amines is 1. The van der Waals surface area contributed by atoms with E-state index in [0.29, 0.717) is 13.0 Å². The van der Waals surface area contributed by atoms with Crippen molar-refractivity contribution in [1.29, 1.82) is 0 Å². The van der Waals surface area contributed by atoms with Crippen LogP contribution in [0.5, 0.6) is 0 Å². The fourth-order valence-corrected chi connectivity index (χ4v) is 3.62. The van der Waals surface area contributed by atoms with Crippen LogP contribution in [0.3, 0.4) is 0 Å². The Balaban J connectivity index is 1.55. The number of rotatable bonds is 4. The second kappa shape index (κ2) is 5.49. The number of carbonyl (C=O) groups excluding carboxylic acids is 1. The maximum absolute atomic E-state index is 12.4. The molecule has 7 nitrogen and oxygen atoms in total. The Morgan fingerprint density at radius 3 is 3.00 bits per heavy atom. The molecule has 0 atom stereocenters. The van der Waals surface area contributed by atoms with Gasteiger partial charge in [-0.15, -0.1) is 0 Å². The van der Waals surface area contributed by atoms with E-state index in [9.17, 15) is 4.79 Å². The van der Waals surface area contributed by atoms with E-state index in [0.717, 1.165) is 55.7 Å². The van der Waals surface area contributed by atoms with Gasteiger partial charge in [-0.1, -0.05) is 0 Å². The van der Waals surface area contributed by atoms with Gasteiger partial charge < -0.3 is 20.5 Å². The molecule has 3 N–H and O–H groups in total. The molecule has 2 fully saturated rings. The zero-order chi connectivity index (χ0) is 15.9. The van der Waals surface area contributed by atoms with Crippen molar-refractivity contribution in [3.63, 3.8) is 0 Å². The molecule has 2 aromatic heterocycles. The van der Waals surface area contributed by atoms with Gasteiger partial charge in [0.15, 0.2) is 0 Å². The molecule has 1 aliphatic heterocycles. The van der Waals surface area contributed by atoms with Crippen LogP contribution in [0.4, 0.5) is 5.82 Å². The SMILES string of the molecule is NCCCC(=O)N1CCN(c2ncnc3[nH]ccc23)CC12CC2. The maximum Gasteiger partial charge on any atom is 0.223 e. The van der Waals surface area contributed by atoms with Crippen LogP contribution in [-0.4, -0.2) is 57.5 Å². The van der Waals surface area contributed by atoms with Crippen molar-refractivity contribution in [2.45, 2.75) is 31.2 Å². The van der Waals surface area contributed by atoms with Crippen LogP contribution < -0.4 is 10.6 Å². The van der Waals surface area contributed by atoms with Crippen molar-refractivity contribution in [2.75, 3.05) is 31.1 Å². The highest BCUT2D eigenvalue weighted by atomic mass is 16.2. The van der Waals surface area contributed by atoms with E-state index >= 15 is 0 Å². The van der Waals surface area contributed by atoms with Crippen LogP contribution in [0, 0.1) is 0 Å². The highest BCUT2D eigenvalue weighted by Gasteiger charge is 2.53. The number of piperazine rings is 1. The first kappa shape index (κ1) is 14.4. The van der Waals surface area contributed by atoms with Crippen molar-refractivity contribution in [2.24, 2.45) is 5.73 Å². The summed E-state index contributed by atoms with van der Waals surface area (Å²) in [7, 11) is 0. The summed E-state index contributed by atoms with van der Waals surface area (Å²) >= 11 is 0. The summed E-state index contributed by atoms with van der Waals surface area (Å²) < 4.78 is 0. The van der Waals surface area contributed by atoms with Gasteiger partial charge in [-0.2, -0.15) is 0 Å². The number of anilines is 1. The minimum Gasteiger partial charge on any atom is -0.352 e. The number of nitrogens with two attached hydrogens (primary N) is 1. The standard InChI is InChI=1S/C16H22N6O/c17-6-1-2-13(23)22-9-8-21(10-16(22)4-5-16)15-12-3-7-18-14(12)19-11-20-15/h3,7,11H,1-2,4-6,8-10,17H2,(H,18,19,20). The number of aromatic nitrogens is 3. The molecule has 2 aromatic rings. The largest absolute Gasteiger partial charge is 0.352 e. The van der Waals surface area contributed by atoms with Crippen LogP contribution >= 0.6 is 0 Å². The van der Waals surface area contributed by atoms with Gasteiger partial charge in [0, 0.05) is 32.3 Å². The molecule has 0 unspecified atom stereocenters. The van der Waals surface area contributed by atoms with E-state index < -0.39 is 0 Å². The molecular weight excluding hydrogens is 292 g/mol. The molecule has 7 heteroatoms. The van der Waals surface area contributed by atoms with Gasteiger partial charge >= 0.3 is 0 Å². The number of fused-ring (bicyclic) bond motifs is 1. The Morgan fingerprint density at radius 1 is 1.35 bits per heavy atom. The van der Waals surface area contributed by atoms with Gasteiger partial charge in [0.25, 0.3) is 0 Å². The second-order valence-electron chi connectivity index (χ2n) is 6.52. The Labute approximate surface area is 134 Å². The van der Waals surface area contributed by atoms with E-state index in [2.05, 4.69) is 24.8 Å². The van der Waals surface area contributed by atoms with E-state index in [4.69, 9.17) is 5.73 Å². The normalized spacial score (nSPS) is 19.5. The summed E-state index contributed by atoms with van der Waals surface area (Å²) in [6, 6.07) is 2.02. The number of hydrogen-bond donors (Lipinski definition) is 2. The lowest BCUT2D eigenvalue weighted by Gasteiger charge is -2.43. The zero-order valence-corrected chi connectivity index (χ0v) is 13.2. The van der Waals surface area contributed by atoms with Crippen LogP contribution in [0.15, 0.2) is 18.6 Å². The highest BCUT2D eigenvalue weighted by Crippen LogP contribution is 2.45. The molecule has 3 heterocycles. The Kier molecular flexibility index (Phi) is 3.45. The van der Waals surface area contributed by atoms with Crippen molar-refractivity contribution < 1.29 is 4.79 Å². The van der Waals surface area contributed by atoms with Gasteiger partial charge in [-0.3, -0.25) is 4.79 Å². The molecule has 1 spiro atoms. The summed E-state index contributed by atoms with van der Waals surface area (Å²) in [6.45, 7) is 3.01. The van der Waals surface area contributed by atoms with Gasteiger partial charge in [-0.25, -0.2) is 9.97 Å². The predicted molar refractivity (Wildman–Crippen MR) is 88.1 cm³/mol. The van der Waals surface area contributed by atoms with E-state index in [-0.39, 0.29) is 11.4 Å². The van der Waals surface area contributed by atoms with Crippen molar-refractivity contribution in [1.82, 2.24) is 19.9 Å². The molecule has 0 aromatic carbocycles. The molecule has 1 saturated carbocycles. The summed E-state index contributed by atoms with van der Waals surface area (Å²) in [5.41, 5.74) is 6.41. The second-order valence-corrected chi connectivity index (χ2v) is 6.52. The zero-order valence-electron chi connectivity index (χ0n) is 13.2. The topological polar surface area (TPSA) is 91.1 Å². The van der Waals surface area contributed by atoms with Crippen LogP contribution in [0.1, 0.15) is 25.7 Å². The minimum atomic E-state index is 0.0114. The highest BCUT2D eigenvalue weighted by molar-refractivity contribution is 5.87. The monoisotopic (exact) mass is 314 g/mol. The molecule has 2 aliphatic rings. The van der Waals surface area contributed by atoms with Gasteiger partial charge in [-0.05, 0) is 31.9 Å². The average Bonchev–Trinajstić information content (AvgIpc) is 3.15. The molecule has 122 valence electrons. The molecule has 4 rings (SSSR count). The molecule has 1 saturated heterocycles. The smallest absolute Gasteiger partial charge is 0.223 e. The third-order valence-electron chi connectivity index (χ3n) is 5.01. The summed E-state index contributed by atoms with van der Waals surface area (Å²) in [6.07, 6.45) is 6.99. The maximum atomic E-state index is 12.4. The molecular formula is C16H22N6O. The number of hydrogen-bond acceptors (Lipinski definition) is 5.